The number of anilines is 1. The van der Waals surface area contributed by atoms with Crippen LogP contribution in [-0.2, 0) is 16.6 Å². The molecule has 144 valence electrons. The normalized spacial score (nSPS) is 11.3. The molecule has 6 nitrogen and oxygen atoms in total. The molecule has 1 amide bonds. The van der Waals surface area contributed by atoms with Gasteiger partial charge in [0, 0.05) is 34.9 Å². The van der Waals surface area contributed by atoms with Gasteiger partial charge in [0.1, 0.15) is 5.82 Å². The van der Waals surface area contributed by atoms with E-state index in [-0.39, 0.29) is 23.3 Å². The molecule has 0 atom stereocenters. The standard InChI is InChI=1S/C22H24N4O2/c1-14-18(21(28)26-20(24-14)15-6-5-11-23-13-15)12-19(27)25-17-9-7-16(8-10-17)22(2,3)4/h5-11,13H,12H2,1-4H3,(H,25,27)(H,24,26,28). The molecule has 2 N–H and O–H groups in total. The zero-order valence-electron chi connectivity index (χ0n) is 16.5. The van der Waals surface area contributed by atoms with Crippen LogP contribution in [0.1, 0.15) is 37.6 Å². The number of aromatic amines is 1. The Morgan fingerprint density at radius 1 is 1.14 bits per heavy atom. The van der Waals surface area contributed by atoms with Crippen LogP contribution >= 0.6 is 0 Å². The average molecular weight is 376 g/mol. The molecule has 2 heterocycles. The van der Waals surface area contributed by atoms with E-state index >= 15 is 0 Å². The molecule has 6 heteroatoms. The number of H-pyrrole nitrogens is 1. The lowest BCUT2D eigenvalue weighted by Gasteiger charge is -2.19. The highest BCUT2D eigenvalue weighted by Gasteiger charge is 2.15. The minimum absolute atomic E-state index is 0.0392. The van der Waals surface area contributed by atoms with Gasteiger partial charge in [0.2, 0.25) is 5.91 Å². The summed E-state index contributed by atoms with van der Waals surface area (Å²) in [5, 5.41) is 2.84. The molecule has 0 spiro atoms. The number of rotatable bonds is 4. The molecule has 0 aliphatic rings. The molecule has 0 aliphatic carbocycles. The molecule has 0 radical (unpaired) electrons. The van der Waals surface area contributed by atoms with Crippen molar-refractivity contribution in [3.8, 4) is 11.4 Å². The Hall–Kier alpha value is -3.28. The maximum absolute atomic E-state index is 12.5. The zero-order valence-corrected chi connectivity index (χ0v) is 16.5. The van der Waals surface area contributed by atoms with Crippen LogP contribution < -0.4 is 10.9 Å². The number of carbonyl (C=O) groups excluding carboxylic acids is 1. The van der Waals surface area contributed by atoms with Gasteiger partial charge in [-0.05, 0) is 42.2 Å². The first-order valence-corrected chi connectivity index (χ1v) is 9.14. The third kappa shape index (κ3) is 4.52. The van der Waals surface area contributed by atoms with Crippen molar-refractivity contribution in [1.82, 2.24) is 15.0 Å². The quantitative estimate of drug-likeness (QED) is 0.728. The Balaban J connectivity index is 1.75. The minimum atomic E-state index is -0.315. The van der Waals surface area contributed by atoms with Crippen molar-refractivity contribution >= 4 is 11.6 Å². The largest absolute Gasteiger partial charge is 0.326 e. The van der Waals surface area contributed by atoms with Crippen LogP contribution in [0.3, 0.4) is 0 Å². The fourth-order valence-electron chi connectivity index (χ4n) is 2.88. The number of hydrogen-bond acceptors (Lipinski definition) is 4. The van der Waals surface area contributed by atoms with Crippen molar-refractivity contribution in [2.45, 2.75) is 39.5 Å². The first kappa shape index (κ1) is 19.5. The van der Waals surface area contributed by atoms with Gasteiger partial charge in [-0.1, -0.05) is 32.9 Å². The monoisotopic (exact) mass is 376 g/mol. The van der Waals surface area contributed by atoms with Crippen LogP contribution in [0.25, 0.3) is 11.4 Å². The molecular weight excluding hydrogens is 352 g/mol. The zero-order chi connectivity index (χ0) is 20.3. The van der Waals surface area contributed by atoms with Crippen LogP contribution in [0.4, 0.5) is 5.69 Å². The lowest BCUT2D eigenvalue weighted by molar-refractivity contribution is -0.115. The van der Waals surface area contributed by atoms with Crippen molar-refractivity contribution in [3.05, 3.63) is 76.0 Å². The van der Waals surface area contributed by atoms with E-state index in [2.05, 4.69) is 41.0 Å². The number of carbonyl (C=O) groups is 1. The molecule has 1 aromatic carbocycles. The van der Waals surface area contributed by atoms with E-state index in [4.69, 9.17) is 0 Å². The molecule has 3 aromatic rings. The molecule has 3 rings (SSSR count). The third-order valence-electron chi connectivity index (χ3n) is 4.53. The summed E-state index contributed by atoms with van der Waals surface area (Å²) >= 11 is 0. The number of hydrogen-bond donors (Lipinski definition) is 2. The van der Waals surface area contributed by atoms with Crippen LogP contribution in [0.5, 0.6) is 0 Å². The van der Waals surface area contributed by atoms with Gasteiger partial charge in [-0.3, -0.25) is 14.6 Å². The van der Waals surface area contributed by atoms with Crippen LogP contribution in [0, 0.1) is 6.92 Å². The Bertz CT molecular complexity index is 1030. The number of aromatic nitrogens is 3. The molecule has 0 aliphatic heterocycles. The number of nitrogens with zero attached hydrogens (tertiary/aromatic N) is 2. The summed E-state index contributed by atoms with van der Waals surface area (Å²) in [6, 6.07) is 11.3. The predicted octanol–water partition coefficient (Wildman–Crippen LogP) is 3.62. The number of nitrogens with one attached hydrogen (secondary N) is 2. The summed E-state index contributed by atoms with van der Waals surface area (Å²) in [5.74, 6) is 0.186. The lowest BCUT2D eigenvalue weighted by atomic mass is 9.87. The van der Waals surface area contributed by atoms with Crippen molar-refractivity contribution in [2.75, 3.05) is 5.32 Å². The van der Waals surface area contributed by atoms with Crippen LogP contribution in [-0.4, -0.2) is 20.9 Å². The van der Waals surface area contributed by atoms with Gasteiger partial charge in [-0.2, -0.15) is 0 Å². The molecule has 0 saturated carbocycles. The number of aryl methyl sites for hydroxylation is 1. The summed E-state index contributed by atoms with van der Waals surface area (Å²) in [4.78, 5) is 36.1. The van der Waals surface area contributed by atoms with Gasteiger partial charge in [0.05, 0.1) is 6.42 Å². The van der Waals surface area contributed by atoms with Crippen molar-refractivity contribution in [2.24, 2.45) is 0 Å². The van der Waals surface area contributed by atoms with E-state index in [0.717, 1.165) is 5.56 Å². The van der Waals surface area contributed by atoms with E-state index in [1.54, 1.807) is 25.4 Å². The highest BCUT2D eigenvalue weighted by molar-refractivity contribution is 5.92. The van der Waals surface area contributed by atoms with Crippen LogP contribution in [0.2, 0.25) is 0 Å². The summed E-state index contributed by atoms with van der Waals surface area (Å²) in [6.07, 6.45) is 3.25. The van der Waals surface area contributed by atoms with Gasteiger partial charge < -0.3 is 10.3 Å². The van der Waals surface area contributed by atoms with Gasteiger partial charge in [0.25, 0.3) is 5.56 Å². The third-order valence-corrected chi connectivity index (χ3v) is 4.53. The van der Waals surface area contributed by atoms with E-state index in [0.29, 0.717) is 22.8 Å². The van der Waals surface area contributed by atoms with Gasteiger partial charge in [-0.25, -0.2) is 4.98 Å². The summed E-state index contributed by atoms with van der Waals surface area (Å²) in [6.45, 7) is 8.14. The van der Waals surface area contributed by atoms with E-state index in [1.807, 2.05) is 30.3 Å². The van der Waals surface area contributed by atoms with Gasteiger partial charge >= 0.3 is 0 Å². The SMILES string of the molecule is Cc1nc(-c2cccnc2)[nH]c(=O)c1CC(=O)Nc1ccc(C(C)(C)C)cc1. The summed E-state index contributed by atoms with van der Waals surface area (Å²) in [7, 11) is 0. The predicted molar refractivity (Wildman–Crippen MR) is 110 cm³/mol. The Morgan fingerprint density at radius 3 is 2.43 bits per heavy atom. The molecule has 0 bridgehead atoms. The fraction of sp³-hybridized carbons (Fsp3) is 0.273. The molecule has 0 fully saturated rings. The minimum Gasteiger partial charge on any atom is -0.326 e. The maximum atomic E-state index is 12.5. The highest BCUT2D eigenvalue weighted by Crippen LogP contribution is 2.23. The smallest absolute Gasteiger partial charge is 0.255 e. The Morgan fingerprint density at radius 2 is 1.86 bits per heavy atom. The highest BCUT2D eigenvalue weighted by atomic mass is 16.2. The molecule has 0 unspecified atom stereocenters. The summed E-state index contributed by atoms with van der Waals surface area (Å²) < 4.78 is 0. The van der Waals surface area contributed by atoms with Crippen LogP contribution in [0.15, 0.2) is 53.6 Å². The topological polar surface area (TPSA) is 87.7 Å². The molecule has 28 heavy (non-hydrogen) atoms. The van der Waals surface area contributed by atoms with Crippen molar-refractivity contribution < 1.29 is 4.79 Å². The van der Waals surface area contributed by atoms with Gasteiger partial charge in [0.15, 0.2) is 0 Å². The van der Waals surface area contributed by atoms with Crippen molar-refractivity contribution in [1.29, 1.82) is 0 Å². The van der Waals surface area contributed by atoms with Gasteiger partial charge in [-0.15, -0.1) is 0 Å². The molecule has 0 saturated heterocycles. The fourth-order valence-corrected chi connectivity index (χ4v) is 2.88. The number of amides is 1. The second-order valence-corrected chi connectivity index (χ2v) is 7.77. The maximum Gasteiger partial charge on any atom is 0.255 e. The van der Waals surface area contributed by atoms with Crippen molar-refractivity contribution in [3.63, 3.8) is 0 Å². The molecular formula is C22H24N4O2. The lowest BCUT2D eigenvalue weighted by Crippen LogP contribution is -2.24. The van der Waals surface area contributed by atoms with E-state index < -0.39 is 0 Å². The van der Waals surface area contributed by atoms with E-state index in [9.17, 15) is 9.59 Å². The second-order valence-electron chi connectivity index (χ2n) is 7.77. The number of benzene rings is 1. The number of pyridine rings is 1. The first-order valence-electron chi connectivity index (χ1n) is 9.14. The first-order chi connectivity index (χ1) is 13.2. The second kappa shape index (κ2) is 7.76. The molecule has 2 aromatic heterocycles. The Kier molecular flexibility index (Phi) is 5.40. The van der Waals surface area contributed by atoms with E-state index in [1.165, 1.54) is 5.56 Å². The summed E-state index contributed by atoms with van der Waals surface area (Å²) in [5.41, 5.74) is 3.23. The average Bonchev–Trinajstić information content (AvgIpc) is 2.65. The Labute approximate surface area is 164 Å².